The summed E-state index contributed by atoms with van der Waals surface area (Å²) in [6, 6.07) is 9.57. The number of nitrogens with one attached hydrogen (secondary N) is 1. The molecule has 35 heavy (non-hydrogen) atoms. The number of anilines is 1. The van der Waals surface area contributed by atoms with Crippen LogP contribution in [0.25, 0.3) is 0 Å². The highest BCUT2D eigenvalue weighted by Gasteiger charge is 2.33. The average Bonchev–Trinajstić information content (AvgIpc) is 3.53. The van der Waals surface area contributed by atoms with Crippen molar-refractivity contribution in [2.24, 2.45) is 17.1 Å². The van der Waals surface area contributed by atoms with Crippen molar-refractivity contribution in [1.82, 2.24) is 0 Å². The molecule has 1 aromatic carbocycles. The minimum absolute atomic E-state index is 0.173. The first-order chi connectivity index (χ1) is 16.7. The second-order valence-corrected chi connectivity index (χ2v) is 11.8. The molecule has 2 amide bonds. The molecule has 6 nitrogen and oxygen atoms in total. The molecule has 0 bridgehead atoms. The van der Waals surface area contributed by atoms with Crippen LogP contribution < -0.4 is 15.8 Å². The third-order valence-electron chi connectivity index (χ3n) is 7.30. The zero-order chi connectivity index (χ0) is 24.7. The van der Waals surface area contributed by atoms with Crippen molar-refractivity contribution in [2.45, 2.75) is 65.9 Å². The number of benzene rings is 1. The first-order valence-electron chi connectivity index (χ1n) is 12.3. The van der Waals surface area contributed by atoms with Gasteiger partial charge in [-0.15, -0.1) is 11.3 Å². The lowest BCUT2D eigenvalue weighted by Gasteiger charge is -2.33. The van der Waals surface area contributed by atoms with E-state index in [1.807, 2.05) is 6.07 Å². The lowest BCUT2D eigenvalue weighted by molar-refractivity contribution is 0.0993. The standard InChI is InChI=1S/C28H32N2O4S/c1-28(2,3)18-8-11-21-23(14-18)35-27(24(21)25(29)31)30-26(32)22-12-10-20(34-22)15-33-19-9-7-16-5-4-6-17(16)13-19/h7,9-10,12-13,18H,4-6,8,11,14-15H2,1-3H3,(H2,29,31)(H,30,32)/t18-/m1/s1. The summed E-state index contributed by atoms with van der Waals surface area (Å²) in [5, 5.41) is 3.39. The van der Waals surface area contributed by atoms with Crippen molar-refractivity contribution in [3.05, 3.63) is 69.0 Å². The number of hydrogen-bond donors (Lipinski definition) is 2. The molecule has 2 aromatic heterocycles. The van der Waals surface area contributed by atoms with Gasteiger partial charge in [-0.25, -0.2) is 0 Å². The third kappa shape index (κ3) is 4.87. The largest absolute Gasteiger partial charge is 0.486 e. The van der Waals surface area contributed by atoms with Crippen molar-refractivity contribution in [2.75, 3.05) is 5.32 Å². The molecule has 3 aromatic rings. The number of rotatable bonds is 6. The Hall–Kier alpha value is -3.06. The Kier molecular flexibility index (Phi) is 6.21. The van der Waals surface area contributed by atoms with Gasteiger partial charge in [0.1, 0.15) is 23.1 Å². The Balaban J connectivity index is 1.27. The van der Waals surface area contributed by atoms with Crippen LogP contribution in [0.15, 0.2) is 34.7 Å². The molecule has 7 heteroatoms. The zero-order valence-electron chi connectivity index (χ0n) is 20.5. The fraction of sp³-hybridized carbons (Fsp3) is 0.429. The van der Waals surface area contributed by atoms with Crippen LogP contribution in [0, 0.1) is 11.3 Å². The molecule has 2 aliphatic rings. The van der Waals surface area contributed by atoms with Crippen LogP contribution in [-0.2, 0) is 32.3 Å². The van der Waals surface area contributed by atoms with Crippen molar-refractivity contribution >= 4 is 28.2 Å². The Morgan fingerprint density at radius 2 is 1.94 bits per heavy atom. The Morgan fingerprint density at radius 3 is 2.71 bits per heavy atom. The molecule has 0 aliphatic heterocycles. The lowest BCUT2D eigenvalue weighted by Crippen LogP contribution is -2.27. The molecule has 5 rings (SSSR count). The maximum Gasteiger partial charge on any atom is 0.291 e. The van der Waals surface area contributed by atoms with Gasteiger partial charge in [-0.2, -0.15) is 0 Å². The van der Waals surface area contributed by atoms with Gasteiger partial charge in [-0.3, -0.25) is 9.59 Å². The predicted octanol–water partition coefficient (Wildman–Crippen LogP) is 5.91. The number of aryl methyl sites for hydroxylation is 2. The Bertz CT molecular complexity index is 1280. The van der Waals surface area contributed by atoms with Crippen molar-refractivity contribution < 1.29 is 18.7 Å². The number of thiophene rings is 1. The summed E-state index contributed by atoms with van der Waals surface area (Å²) in [5.74, 6) is 1.15. The monoisotopic (exact) mass is 492 g/mol. The molecule has 1 atom stereocenters. The van der Waals surface area contributed by atoms with E-state index in [9.17, 15) is 9.59 Å². The van der Waals surface area contributed by atoms with Gasteiger partial charge in [0, 0.05) is 4.88 Å². The summed E-state index contributed by atoms with van der Waals surface area (Å²) in [4.78, 5) is 26.4. The van der Waals surface area contributed by atoms with Crippen LogP contribution in [0.2, 0.25) is 0 Å². The number of amides is 2. The second-order valence-electron chi connectivity index (χ2n) is 10.7. The number of carbonyl (C=O) groups is 2. The van der Waals surface area contributed by atoms with Crippen LogP contribution in [0.3, 0.4) is 0 Å². The number of primary amides is 1. The summed E-state index contributed by atoms with van der Waals surface area (Å²) >= 11 is 1.46. The van der Waals surface area contributed by atoms with Gasteiger partial charge in [-0.1, -0.05) is 26.8 Å². The van der Waals surface area contributed by atoms with E-state index in [0.717, 1.165) is 48.3 Å². The van der Waals surface area contributed by atoms with Crippen LogP contribution in [0.4, 0.5) is 5.00 Å². The molecule has 0 unspecified atom stereocenters. The number of ether oxygens (including phenoxy) is 1. The smallest absolute Gasteiger partial charge is 0.291 e. The number of furan rings is 1. The SMILES string of the molecule is CC(C)(C)[C@@H]1CCc2c(sc(NC(=O)c3ccc(COc4ccc5c(c4)CCC5)o3)c2C(N)=O)C1. The quantitative estimate of drug-likeness (QED) is 0.447. The molecule has 2 aliphatic carbocycles. The first kappa shape index (κ1) is 23.7. The fourth-order valence-corrected chi connectivity index (χ4v) is 6.54. The first-order valence-corrected chi connectivity index (χ1v) is 13.1. The molecular weight excluding hydrogens is 460 g/mol. The van der Waals surface area contributed by atoms with Gasteiger partial charge in [-0.05, 0) is 90.8 Å². The fourth-order valence-electron chi connectivity index (χ4n) is 5.21. The van der Waals surface area contributed by atoms with E-state index in [1.54, 1.807) is 12.1 Å². The number of carbonyl (C=O) groups excluding carboxylic acids is 2. The summed E-state index contributed by atoms with van der Waals surface area (Å²) in [6.45, 7) is 6.98. The lowest BCUT2D eigenvalue weighted by atomic mass is 9.72. The van der Waals surface area contributed by atoms with E-state index in [2.05, 4.69) is 38.2 Å². The van der Waals surface area contributed by atoms with E-state index >= 15 is 0 Å². The van der Waals surface area contributed by atoms with E-state index in [-0.39, 0.29) is 17.8 Å². The minimum atomic E-state index is -0.505. The molecule has 0 radical (unpaired) electrons. The highest BCUT2D eigenvalue weighted by atomic mass is 32.1. The number of fused-ring (bicyclic) bond motifs is 2. The number of hydrogen-bond acceptors (Lipinski definition) is 5. The highest BCUT2D eigenvalue weighted by Crippen LogP contribution is 2.44. The van der Waals surface area contributed by atoms with Gasteiger partial charge < -0.3 is 20.2 Å². The normalized spacial score (nSPS) is 17.1. The predicted molar refractivity (Wildman–Crippen MR) is 137 cm³/mol. The van der Waals surface area contributed by atoms with Gasteiger partial charge in [0.05, 0.1) is 5.56 Å². The average molecular weight is 493 g/mol. The summed E-state index contributed by atoms with van der Waals surface area (Å²) < 4.78 is 11.6. The maximum atomic E-state index is 12.9. The Morgan fingerprint density at radius 1 is 1.14 bits per heavy atom. The zero-order valence-corrected chi connectivity index (χ0v) is 21.3. The van der Waals surface area contributed by atoms with E-state index < -0.39 is 11.8 Å². The van der Waals surface area contributed by atoms with Gasteiger partial charge in [0.2, 0.25) is 0 Å². The van der Waals surface area contributed by atoms with E-state index in [1.165, 1.54) is 28.9 Å². The summed E-state index contributed by atoms with van der Waals surface area (Å²) in [7, 11) is 0. The maximum absolute atomic E-state index is 12.9. The van der Waals surface area contributed by atoms with E-state index in [0.29, 0.717) is 22.2 Å². The van der Waals surface area contributed by atoms with Crippen LogP contribution >= 0.6 is 11.3 Å². The van der Waals surface area contributed by atoms with Crippen LogP contribution in [-0.4, -0.2) is 11.8 Å². The molecule has 0 saturated heterocycles. The van der Waals surface area contributed by atoms with Crippen molar-refractivity contribution in [3.63, 3.8) is 0 Å². The van der Waals surface area contributed by atoms with Gasteiger partial charge in [0.15, 0.2) is 5.76 Å². The van der Waals surface area contributed by atoms with Gasteiger partial charge >= 0.3 is 0 Å². The molecule has 0 spiro atoms. The van der Waals surface area contributed by atoms with Gasteiger partial charge in [0.25, 0.3) is 11.8 Å². The highest BCUT2D eigenvalue weighted by molar-refractivity contribution is 7.17. The third-order valence-corrected chi connectivity index (χ3v) is 8.47. The summed E-state index contributed by atoms with van der Waals surface area (Å²) in [6.07, 6.45) is 6.11. The molecule has 3 N–H and O–H groups in total. The second kappa shape index (κ2) is 9.19. The molecule has 0 saturated carbocycles. The summed E-state index contributed by atoms with van der Waals surface area (Å²) in [5.41, 5.74) is 10.1. The number of nitrogens with two attached hydrogens (primary N) is 1. The topological polar surface area (TPSA) is 94.6 Å². The van der Waals surface area contributed by atoms with Crippen LogP contribution in [0.1, 0.15) is 81.9 Å². The molecule has 2 heterocycles. The Labute approximate surface area is 209 Å². The molecule has 0 fully saturated rings. The molecular formula is C28H32N2O4S. The van der Waals surface area contributed by atoms with E-state index in [4.69, 9.17) is 14.9 Å². The van der Waals surface area contributed by atoms with Crippen LogP contribution in [0.5, 0.6) is 5.75 Å². The van der Waals surface area contributed by atoms with Crippen molar-refractivity contribution in [1.29, 1.82) is 0 Å². The molecule has 184 valence electrons. The minimum Gasteiger partial charge on any atom is -0.486 e. The van der Waals surface area contributed by atoms with Crippen molar-refractivity contribution in [3.8, 4) is 5.75 Å².